The van der Waals surface area contributed by atoms with E-state index in [1.54, 1.807) is 0 Å². The summed E-state index contributed by atoms with van der Waals surface area (Å²) >= 11 is 0. The van der Waals surface area contributed by atoms with Gasteiger partial charge in [-0.1, -0.05) is 297 Å². The van der Waals surface area contributed by atoms with E-state index in [2.05, 4.69) is 111 Å². The first-order valence-corrected chi connectivity index (χ1v) is 35.4. The van der Waals surface area contributed by atoms with Crippen molar-refractivity contribution in [1.29, 1.82) is 0 Å². The first-order chi connectivity index (χ1) is 41.6. The number of ether oxygens (including phenoxy) is 4. The molecule has 0 amide bonds. The van der Waals surface area contributed by atoms with Crippen molar-refractivity contribution in [2.24, 2.45) is 0 Å². The highest BCUT2D eigenvalue weighted by Crippen LogP contribution is 2.18. The van der Waals surface area contributed by atoms with Gasteiger partial charge in [-0.3, -0.25) is 9.59 Å². The van der Waals surface area contributed by atoms with Crippen molar-refractivity contribution < 1.29 is 42.9 Å². The summed E-state index contributed by atoms with van der Waals surface area (Å²) in [5, 5.41) is 11.8. The molecule has 0 bridgehead atoms. The number of nitrogens with zero attached hydrogens (tertiary/aromatic N) is 1. The van der Waals surface area contributed by atoms with E-state index in [4.69, 9.17) is 18.9 Å². The molecule has 0 aliphatic carbocycles. The Balaban J connectivity index is 4.09. The number of carboxylic acid groups (broad SMARTS) is 1. The molecule has 0 rings (SSSR count). The zero-order valence-electron chi connectivity index (χ0n) is 56.0. The standard InChI is InChI=1S/C76H133NO8/c1-6-8-10-12-14-16-18-20-22-24-26-28-30-32-33-34-35-36-37-38-39-40-41-43-44-46-48-50-52-54-56-58-60-62-64-66-73(78)83-70-72(71-84-76(75(80)81)82-69-68-77(3,4)5)85-74(79)67-65-63-61-59-57-55-53-51-49-47-45-42-31-29-27-25-23-21-19-17-15-13-11-9-7-2/h9,11,15,17-18,20-21,23-24,26-27,29,42,45,49,51,72,76H,6-8,10,12-14,16,19,22,25,28,30-41,43-44,46-48,50,52-71H2,1-5H3/b11-9-,17-15-,20-18-,23-21-,26-24-,29-27-,45-42-,51-49-. The van der Waals surface area contributed by atoms with Gasteiger partial charge < -0.3 is 33.3 Å². The van der Waals surface area contributed by atoms with E-state index in [0.29, 0.717) is 17.4 Å². The number of rotatable bonds is 65. The van der Waals surface area contributed by atoms with Crippen LogP contribution in [-0.4, -0.2) is 82.3 Å². The topological polar surface area (TPSA) is 111 Å². The molecule has 0 saturated carbocycles. The quantitative estimate of drug-likeness (QED) is 0.0195. The van der Waals surface area contributed by atoms with E-state index in [-0.39, 0.29) is 38.6 Å². The van der Waals surface area contributed by atoms with Crippen molar-refractivity contribution >= 4 is 17.9 Å². The molecule has 0 saturated heterocycles. The van der Waals surface area contributed by atoms with Crippen molar-refractivity contribution in [1.82, 2.24) is 0 Å². The van der Waals surface area contributed by atoms with E-state index in [1.165, 1.54) is 173 Å². The molecular weight excluding hydrogens is 1050 g/mol. The molecule has 9 heteroatoms. The Morgan fingerprint density at radius 2 is 0.671 bits per heavy atom. The molecule has 0 heterocycles. The molecular formula is C76H133NO8. The van der Waals surface area contributed by atoms with Gasteiger partial charge in [-0.2, -0.15) is 0 Å². The van der Waals surface area contributed by atoms with Crippen LogP contribution < -0.4 is 5.11 Å². The fourth-order valence-corrected chi connectivity index (χ4v) is 9.93. The van der Waals surface area contributed by atoms with Crippen LogP contribution in [0.4, 0.5) is 0 Å². The summed E-state index contributed by atoms with van der Waals surface area (Å²) in [6.45, 7) is 4.63. The Hall–Kier alpha value is -3.79. The number of esters is 2. The molecule has 9 nitrogen and oxygen atoms in total. The van der Waals surface area contributed by atoms with Gasteiger partial charge in [0.15, 0.2) is 12.4 Å². The highest BCUT2D eigenvalue weighted by atomic mass is 16.7. The molecule has 2 atom stereocenters. The number of allylic oxidation sites excluding steroid dienone is 16. The predicted molar refractivity (Wildman–Crippen MR) is 361 cm³/mol. The minimum absolute atomic E-state index is 0.141. The van der Waals surface area contributed by atoms with Gasteiger partial charge in [-0.15, -0.1) is 0 Å². The maximum Gasteiger partial charge on any atom is 0.306 e. The van der Waals surface area contributed by atoms with Gasteiger partial charge in [0.05, 0.1) is 40.3 Å². The molecule has 0 aliphatic heterocycles. The normalized spacial score (nSPS) is 13.3. The third-order valence-electron chi connectivity index (χ3n) is 15.3. The summed E-state index contributed by atoms with van der Waals surface area (Å²) in [7, 11) is 5.92. The van der Waals surface area contributed by atoms with E-state index in [1.807, 2.05) is 21.1 Å². The van der Waals surface area contributed by atoms with E-state index >= 15 is 0 Å². The Morgan fingerprint density at radius 1 is 0.365 bits per heavy atom. The van der Waals surface area contributed by atoms with Crippen molar-refractivity contribution in [2.75, 3.05) is 47.5 Å². The van der Waals surface area contributed by atoms with Crippen molar-refractivity contribution in [3.05, 3.63) is 97.2 Å². The summed E-state index contributed by atoms with van der Waals surface area (Å²) in [6, 6.07) is 0. The zero-order valence-corrected chi connectivity index (χ0v) is 56.0. The third kappa shape index (κ3) is 67.6. The van der Waals surface area contributed by atoms with Gasteiger partial charge in [0.1, 0.15) is 13.2 Å². The Bertz CT molecular complexity index is 1720. The number of quaternary nitrogens is 1. The lowest BCUT2D eigenvalue weighted by molar-refractivity contribution is -0.870. The average molecular weight is 1190 g/mol. The third-order valence-corrected chi connectivity index (χ3v) is 15.3. The van der Waals surface area contributed by atoms with Gasteiger partial charge >= 0.3 is 11.9 Å². The van der Waals surface area contributed by atoms with Gasteiger partial charge in [-0.25, -0.2) is 0 Å². The van der Waals surface area contributed by atoms with Crippen LogP contribution in [0.5, 0.6) is 0 Å². The minimum atomic E-state index is -1.63. The van der Waals surface area contributed by atoms with E-state index < -0.39 is 24.3 Å². The lowest BCUT2D eigenvalue weighted by Crippen LogP contribution is -2.44. The van der Waals surface area contributed by atoms with Crippen LogP contribution in [0.25, 0.3) is 0 Å². The molecule has 0 N–H and O–H groups in total. The van der Waals surface area contributed by atoms with Crippen LogP contribution in [0.3, 0.4) is 0 Å². The molecule has 0 aliphatic rings. The number of carbonyl (C=O) groups is 3. The fourth-order valence-electron chi connectivity index (χ4n) is 9.93. The summed E-state index contributed by atoms with van der Waals surface area (Å²) in [4.78, 5) is 37.5. The molecule has 0 aromatic carbocycles. The summed E-state index contributed by atoms with van der Waals surface area (Å²) < 4.78 is 22.8. The second-order valence-corrected chi connectivity index (χ2v) is 24.8. The highest BCUT2D eigenvalue weighted by Gasteiger charge is 2.22. The fraction of sp³-hybridized carbons (Fsp3) is 0.750. The monoisotopic (exact) mass is 1190 g/mol. The Morgan fingerprint density at radius 3 is 1.00 bits per heavy atom. The zero-order chi connectivity index (χ0) is 61.9. The van der Waals surface area contributed by atoms with E-state index in [0.717, 1.165) is 103 Å². The van der Waals surface area contributed by atoms with Crippen LogP contribution in [0.15, 0.2) is 97.2 Å². The second kappa shape index (κ2) is 66.2. The summed E-state index contributed by atoms with van der Waals surface area (Å²) in [5.74, 6) is -2.30. The van der Waals surface area contributed by atoms with Gasteiger partial charge in [0.2, 0.25) is 0 Å². The molecule has 490 valence electrons. The molecule has 85 heavy (non-hydrogen) atoms. The van der Waals surface area contributed by atoms with Gasteiger partial charge in [0.25, 0.3) is 0 Å². The molecule has 0 spiro atoms. The summed E-state index contributed by atoms with van der Waals surface area (Å²) in [6.07, 6.45) is 87.8. The predicted octanol–water partition coefficient (Wildman–Crippen LogP) is 20.7. The minimum Gasteiger partial charge on any atom is -0.545 e. The Labute approximate surface area is 524 Å². The number of hydrogen-bond acceptors (Lipinski definition) is 8. The molecule has 2 unspecified atom stereocenters. The second-order valence-electron chi connectivity index (χ2n) is 24.8. The smallest absolute Gasteiger partial charge is 0.306 e. The maximum atomic E-state index is 12.9. The van der Waals surface area contributed by atoms with Crippen LogP contribution in [0.1, 0.15) is 309 Å². The van der Waals surface area contributed by atoms with Crippen LogP contribution in [-0.2, 0) is 33.3 Å². The SMILES string of the molecule is CC/C=C\C/C=C\C/C=C\C/C=C\C/C=C\C/C=C\CCCCCCCCC(=O)OC(COC(=O)CCCCCCCCCCCCCCCCCCCCCCCCC/C=C\C/C=C\CCCCCCC)COC(OCC[N+](C)(C)C)C(=O)[O-]. The van der Waals surface area contributed by atoms with Crippen LogP contribution in [0.2, 0.25) is 0 Å². The highest BCUT2D eigenvalue weighted by molar-refractivity contribution is 5.70. The number of hydrogen-bond donors (Lipinski definition) is 0. The first-order valence-electron chi connectivity index (χ1n) is 35.4. The molecule has 0 fully saturated rings. The lowest BCUT2D eigenvalue weighted by Gasteiger charge is -2.26. The van der Waals surface area contributed by atoms with Crippen molar-refractivity contribution in [3.8, 4) is 0 Å². The van der Waals surface area contributed by atoms with Crippen LogP contribution in [0, 0.1) is 0 Å². The van der Waals surface area contributed by atoms with Crippen molar-refractivity contribution in [2.45, 2.75) is 322 Å². The molecule has 0 aromatic rings. The molecule has 0 radical (unpaired) electrons. The average Bonchev–Trinajstić information content (AvgIpc) is 3.49. The Kier molecular flexibility index (Phi) is 63.2. The van der Waals surface area contributed by atoms with E-state index in [9.17, 15) is 19.5 Å². The maximum absolute atomic E-state index is 12.9. The number of likely N-dealkylation sites (N-methyl/N-ethyl adjacent to an activating group) is 1. The van der Waals surface area contributed by atoms with Gasteiger partial charge in [0, 0.05) is 12.8 Å². The first kappa shape index (κ1) is 81.2. The van der Waals surface area contributed by atoms with Crippen LogP contribution >= 0.6 is 0 Å². The van der Waals surface area contributed by atoms with Crippen molar-refractivity contribution in [3.63, 3.8) is 0 Å². The van der Waals surface area contributed by atoms with Gasteiger partial charge in [-0.05, 0) is 96.3 Å². The summed E-state index contributed by atoms with van der Waals surface area (Å²) in [5.41, 5.74) is 0. The largest absolute Gasteiger partial charge is 0.545 e. The number of aliphatic carboxylic acids is 1. The number of unbranched alkanes of at least 4 members (excludes halogenated alkanes) is 34. The molecule has 0 aromatic heterocycles. The number of carbonyl (C=O) groups excluding carboxylic acids is 3. The number of carboxylic acids is 1. The lowest BCUT2D eigenvalue weighted by atomic mass is 10.0.